The van der Waals surface area contributed by atoms with Crippen LogP contribution in [0.5, 0.6) is 0 Å². The molecular weight excluding hydrogens is 428 g/mol. The number of aryl methyl sites for hydroxylation is 1. The van der Waals surface area contributed by atoms with Crippen LogP contribution in [-0.4, -0.2) is 28.3 Å². The molecule has 1 N–H and O–H groups in total. The number of hydrogen-bond donors (Lipinski definition) is 1. The zero-order valence-electron chi connectivity index (χ0n) is 20.7. The summed E-state index contributed by atoms with van der Waals surface area (Å²) in [7, 11) is 1.65. The summed E-state index contributed by atoms with van der Waals surface area (Å²) >= 11 is 0. The monoisotopic (exact) mass is 460 g/mol. The first-order chi connectivity index (χ1) is 16.4. The number of hydrogen-bond acceptors (Lipinski definition) is 5. The second-order valence-electron chi connectivity index (χ2n) is 7.36. The number of carboxylic acids is 1. The molecule has 2 aromatic carbocycles. The number of carboxylic acid groups (broad SMARTS) is 1. The lowest BCUT2D eigenvalue weighted by Crippen LogP contribution is -1.98. The molecule has 0 saturated heterocycles. The van der Waals surface area contributed by atoms with E-state index >= 15 is 0 Å². The average molecular weight is 461 g/mol. The molecule has 1 heterocycles. The van der Waals surface area contributed by atoms with Gasteiger partial charge in [0.25, 0.3) is 5.89 Å². The smallest absolute Gasteiger partial charge is 0.335 e. The standard InChI is InChI=1S/C26H26N2O4.C2H6/c1-6-8-16(3)21(7-2)22-12-11-18(13-20(22)15-31-5)25-27-24(28-32-25)23-14-19(26(29)30)10-9-17(23)4;1-2/h6-14H,2,15H2,1,3-5H3,(H,29,30);1-2H3/b8-6-,21-16+;. The summed E-state index contributed by atoms with van der Waals surface area (Å²) in [6.45, 7) is 14.3. The molecule has 0 atom stereocenters. The van der Waals surface area contributed by atoms with Crippen LogP contribution in [0.2, 0.25) is 0 Å². The molecule has 0 aliphatic carbocycles. The third-order valence-electron chi connectivity index (χ3n) is 5.14. The predicted molar refractivity (Wildman–Crippen MR) is 137 cm³/mol. The van der Waals surface area contributed by atoms with Crippen LogP contribution in [0.3, 0.4) is 0 Å². The fourth-order valence-corrected chi connectivity index (χ4v) is 3.53. The number of aromatic nitrogens is 2. The van der Waals surface area contributed by atoms with Crippen molar-refractivity contribution in [2.75, 3.05) is 7.11 Å². The van der Waals surface area contributed by atoms with Crippen LogP contribution in [0.15, 0.2) is 71.3 Å². The maximum Gasteiger partial charge on any atom is 0.335 e. The third-order valence-corrected chi connectivity index (χ3v) is 5.14. The third kappa shape index (κ3) is 5.97. The number of nitrogens with zero attached hydrogens (tertiary/aromatic N) is 2. The van der Waals surface area contributed by atoms with Crippen LogP contribution in [-0.2, 0) is 11.3 Å². The quantitative estimate of drug-likeness (QED) is 0.360. The van der Waals surface area contributed by atoms with Crippen molar-refractivity contribution in [2.24, 2.45) is 0 Å². The van der Waals surface area contributed by atoms with Gasteiger partial charge in [0.15, 0.2) is 0 Å². The van der Waals surface area contributed by atoms with Gasteiger partial charge in [0.2, 0.25) is 5.82 Å². The number of ether oxygens (including phenoxy) is 1. The van der Waals surface area contributed by atoms with Gasteiger partial charge in [-0.15, -0.1) is 0 Å². The number of benzene rings is 2. The molecule has 3 rings (SSSR count). The van der Waals surface area contributed by atoms with Gasteiger partial charge in [-0.1, -0.05) is 55.9 Å². The first-order valence-electron chi connectivity index (χ1n) is 11.2. The zero-order chi connectivity index (χ0) is 25.3. The Kier molecular flexibility index (Phi) is 9.71. The number of carbonyl (C=O) groups is 1. The van der Waals surface area contributed by atoms with Crippen LogP contribution < -0.4 is 0 Å². The first kappa shape index (κ1) is 26.5. The van der Waals surface area contributed by atoms with E-state index in [1.165, 1.54) is 0 Å². The van der Waals surface area contributed by atoms with E-state index in [0.717, 1.165) is 33.4 Å². The van der Waals surface area contributed by atoms with Gasteiger partial charge in [-0.2, -0.15) is 4.98 Å². The maximum absolute atomic E-state index is 11.3. The van der Waals surface area contributed by atoms with E-state index in [0.29, 0.717) is 23.9 Å². The van der Waals surface area contributed by atoms with E-state index in [4.69, 9.17) is 9.26 Å². The lowest BCUT2D eigenvalue weighted by Gasteiger charge is -2.13. The van der Waals surface area contributed by atoms with Gasteiger partial charge in [0, 0.05) is 18.2 Å². The molecule has 1 aromatic heterocycles. The molecule has 0 bridgehead atoms. The van der Waals surface area contributed by atoms with E-state index in [2.05, 4.69) is 16.7 Å². The van der Waals surface area contributed by atoms with Crippen molar-refractivity contribution in [3.63, 3.8) is 0 Å². The van der Waals surface area contributed by atoms with Crippen molar-refractivity contribution in [3.8, 4) is 22.8 Å². The Hall–Kier alpha value is -3.77. The van der Waals surface area contributed by atoms with Crippen molar-refractivity contribution < 1.29 is 19.2 Å². The highest BCUT2D eigenvalue weighted by Gasteiger charge is 2.17. The van der Waals surface area contributed by atoms with E-state index in [-0.39, 0.29) is 5.56 Å². The van der Waals surface area contributed by atoms with Gasteiger partial charge >= 0.3 is 5.97 Å². The molecule has 34 heavy (non-hydrogen) atoms. The molecular formula is C28H32N2O4. The Morgan fingerprint density at radius 3 is 2.56 bits per heavy atom. The normalized spacial score (nSPS) is 11.6. The summed E-state index contributed by atoms with van der Waals surface area (Å²) in [5, 5.41) is 13.4. The van der Waals surface area contributed by atoms with Crippen LogP contribution >= 0.6 is 0 Å². The van der Waals surface area contributed by atoms with Crippen LogP contribution in [0.25, 0.3) is 28.4 Å². The van der Waals surface area contributed by atoms with Gasteiger partial charge in [-0.25, -0.2) is 4.79 Å². The molecule has 0 unspecified atom stereocenters. The molecule has 6 heteroatoms. The minimum atomic E-state index is -1.01. The molecule has 6 nitrogen and oxygen atoms in total. The Bertz CT molecular complexity index is 1220. The highest BCUT2D eigenvalue weighted by molar-refractivity contribution is 5.89. The summed E-state index contributed by atoms with van der Waals surface area (Å²) in [6, 6.07) is 10.7. The SMILES string of the molecule is C=C/C(=C(C)\C=C/C)c1ccc(-c2nc(-c3cc(C(=O)O)ccc3C)no2)cc1COC.CC. The summed E-state index contributed by atoms with van der Waals surface area (Å²) in [5.74, 6) is -0.319. The fourth-order valence-electron chi connectivity index (χ4n) is 3.53. The Morgan fingerprint density at radius 1 is 1.21 bits per heavy atom. The largest absolute Gasteiger partial charge is 0.478 e. The van der Waals surface area contributed by atoms with Crippen molar-refractivity contribution >= 4 is 11.5 Å². The first-order valence-corrected chi connectivity index (χ1v) is 11.2. The number of rotatable bonds is 8. The van der Waals surface area contributed by atoms with Crippen molar-refractivity contribution in [3.05, 3.63) is 89.0 Å². The summed E-state index contributed by atoms with van der Waals surface area (Å²) in [6.07, 6.45) is 5.87. The molecule has 0 spiro atoms. The van der Waals surface area contributed by atoms with Crippen molar-refractivity contribution in [1.82, 2.24) is 10.1 Å². The van der Waals surface area contributed by atoms with Gasteiger partial charge in [0.1, 0.15) is 0 Å². The van der Waals surface area contributed by atoms with E-state index in [1.807, 2.05) is 71.0 Å². The van der Waals surface area contributed by atoms with Crippen LogP contribution in [0.1, 0.15) is 54.7 Å². The Balaban J connectivity index is 0.00000199. The highest BCUT2D eigenvalue weighted by atomic mass is 16.5. The molecule has 0 aliphatic rings. The second kappa shape index (κ2) is 12.5. The Morgan fingerprint density at radius 2 is 1.94 bits per heavy atom. The van der Waals surface area contributed by atoms with Crippen LogP contribution in [0.4, 0.5) is 0 Å². The zero-order valence-corrected chi connectivity index (χ0v) is 20.7. The van der Waals surface area contributed by atoms with Gasteiger partial charge in [-0.3, -0.25) is 0 Å². The number of methoxy groups -OCH3 is 1. The molecule has 3 aromatic rings. The van der Waals surface area contributed by atoms with E-state index < -0.39 is 5.97 Å². The van der Waals surface area contributed by atoms with Crippen molar-refractivity contribution in [1.29, 1.82) is 0 Å². The molecule has 0 amide bonds. The summed E-state index contributed by atoms with van der Waals surface area (Å²) in [4.78, 5) is 15.8. The molecule has 0 saturated carbocycles. The van der Waals surface area contributed by atoms with Crippen molar-refractivity contribution in [2.45, 2.75) is 41.2 Å². The topological polar surface area (TPSA) is 85.5 Å². The predicted octanol–water partition coefficient (Wildman–Crippen LogP) is 7.12. The number of aromatic carboxylic acids is 1. The molecule has 178 valence electrons. The summed E-state index contributed by atoms with van der Waals surface area (Å²) in [5.41, 5.74) is 6.50. The minimum Gasteiger partial charge on any atom is -0.478 e. The van der Waals surface area contributed by atoms with Crippen LogP contribution in [0, 0.1) is 6.92 Å². The summed E-state index contributed by atoms with van der Waals surface area (Å²) < 4.78 is 10.9. The fraction of sp³-hybridized carbons (Fsp3) is 0.250. The average Bonchev–Trinajstić information content (AvgIpc) is 3.32. The van der Waals surface area contributed by atoms with Gasteiger partial charge < -0.3 is 14.4 Å². The van der Waals surface area contributed by atoms with E-state index in [9.17, 15) is 9.90 Å². The van der Waals surface area contributed by atoms with Gasteiger partial charge in [-0.05, 0) is 72.9 Å². The highest BCUT2D eigenvalue weighted by Crippen LogP contribution is 2.30. The van der Waals surface area contributed by atoms with E-state index in [1.54, 1.807) is 25.3 Å². The number of allylic oxidation sites excluding steroid dienone is 5. The maximum atomic E-state index is 11.3. The Labute approximate surface area is 201 Å². The second-order valence-corrected chi connectivity index (χ2v) is 7.36. The molecule has 0 aliphatic heterocycles. The minimum absolute atomic E-state index is 0.170. The molecule has 0 radical (unpaired) electrons. The van der Waals surface area contributed by atoms with Gasteiger partial charge in [0.05, 0.1) is 12.2 Å². The lowest BCUT2D eigenvalue weighted by molar-refractivity contribution is 0.0697. The molecule has 0 fully saturated rings. The lowest BCUT2D eigenvalue weighted by atomic mass is 9.94.